The van der Waals surface area contributed by atoms with Crippen LogP contribution in [0.1, 0.15) is 25.0 Å². The Morgan fingerprint density at radius 1 is 0.923 bits per heavy atom. The smallest absolute Gasteiger partial charge is 0.145 e. The van der Waals surface area contributed by atoms with Gasteiger partial charge in [-0.2, -0.15) is 0 Å². The zero-order valence-electron chi connectivity index (χ0n) is 15.0. The zero-order chi connectivity index (χ0) is 17.7. The Morgan fingerprint density at radius 2 is 1.65 bits per heavy atom. The van der Waals surface area contributed by atoms with E-state index < -0.39 is 5.66 Å². The first-order chi connectivity index (χ1) is 12.7. The second-order valence-corrected chi connectivity index (χ2v) is 7.05. The van der Waals surface area contributed by atoms with Crippen LogP contribution < -0.4 is 5.32 Å². The average Bonchev–Trinajstić information content (AvgIpc) is 3.09. The Balaban J connectivity index is 1.83. The van der Waals surface area contributed by atoms with Crippen LogP contribution in [0.3, 0.4) is 0 Å². The van der Waals surface area contributed by atoms with Crippen LogP contribution in [0.2, 0.25) is 0 Å². The summed E-state index contributed by atoms with van der Waals surface area (Å²) in [6.45, 7) is 4.43. The molecule has 0 spiro atoms. The summed E-state index contributed by atoms with van der Waals surface area (Å²) >= 11 is 0. The maximum Gasteiger partial charge on any atom is 0.145 e. The molecule has 1 aromatic heterocycles. The molecule has 0 aliphatic carbocycles. The third-order valence-corrected chi connectivity index (χ3v) is 5.48. The first kappa shape index (κ1) is 15.2. The van der Waals surface area contributed by atoms with Gasteiger partial charge in [-0.3, -0.25) is 4.57 Å². The first-order valence-electron chi connectivity index (χ1n) is 9.15. The number of rotatable bonds is 2. The highest BCUT2D eigenvalue weighted by atomic mass is 15.3. The van der Waals surface area contributed by atoms with E-state index in [1.165, 1.54) is 11.1 Å². The largest absolute Gasteiger partial charge is 0.358 e. The molecule has 0 unspecified atom stereocenters. The standard InChI is InChI=1S/C23H21N3/c1-3-16-12-14-17(15-13-16)23(2)25-19-9-5-4-8-18(19)22-24-20-10-6-7-11-21(20)26(22)23/h4-15,25H,3H2,1-2H3/t23-/m1/s1. The highest BCUT2D eigenvalue weighted by Gasteiger charge is 2.37. The second kappa shape index (κ2) is 5.46. The van der Waals surface area contributed by atoms with E-state index in [4.69, 9.17) is 4.98 Å². The lowest BCUT2D eigenvalue weighted by atomic mass is 9.94. The zero-order valence-corrected chi connectivity index (χ0v) is 15.0. The summed E-state index contributed by atoms with van der Waals surface area (Å²) in [5.74, 6) is 1.02. The van der Waals surface area contributed by atoms with Crippen molar-refractivity contribution in [1.82, 2.24) is 9.55 Å². The Hall–Kier alpha value is -3.07. The molecule has 1 atom stereocenters. The number of nitrogens with one attached hydrogen (secondary N) is 1. The fourth-order valence-corrected chi connectivity index (χ4v) is 4.03. The highest BCUT2D eigenvalue weighted by Crippen LogP contribution is 2.43. The number of nitrogens with zero attached hydrogens (tertiary/aromatic N) is 2. The molecular formula is C23H21N3. The fourth-order valence-electron chi connectivity index (χ4n) is 4.03. The molecule has 0 fully saturated rings. The van der Waals surface area contributed by atoms with Crippen molar-refractivity contribution >= 4 is 16.7 Å². The monoisotopic (exact) mass is 339 g/mol. The lowest BCUT2D eigenvalue weighted by Crippen LogP contribution is -2.42. The van der Waals surface area contributed by atoms with Crippen LogP contribution in [0.5, 0.6) is 0 Å². The van der Waals surface area contributed by atoms with Gasteiger partial charge in [0.1, 0.15) is 11.5 Å². The molecule has 4 aromatic rings. The van der Waals surface area contributed by atoms with Crippen molar-refractivity contribution in [2.24, 2.45) is 0 Å². The lowest BCUT2D eigenvalue weighted by Gasteiger charge is -2.40. The molecule has 1 aliphatic heterocycles. The number of imidazole rings is 1. The summed E-state index contributed by atoms with van der Waals surface area (Å²) in [4.78, 5) is 4.97. The van der Waals surface area contributed by atoms with Gasteiger partial charge >= 0.3 is 0 Å². The Labute approximate surface area is 153 Å². The third kappa shape index (κ3) is 2.03. The molecule has 0 bridgehead atoms. The van der Waals surface area contributed by atoms with Crippen molar-refractivity contribution in [2.45, 2.75) is 25.9 Å². The van der Waals surface area contributed by atoms with Gasteiger partial charge in [0.05, 0.1) is 11.0 Å². The minimum atomic E-state index is -0.397. The van der Waals surface area contributed by atoms with Gasteiger partial charge in [-0.25, -0.2) is 4.98 Å². The van der Waals surface area contributed by atoms with E-state index in [2.05, 4.69) is 90.5 Å². The normalized spacial score (nSPS) is 18.2. The number of fused-ring (bicyclic) bond motifs is 5. The number of anilines is 1. The second-order valence-electron chi connectivity index (χ2n) is 7.05. The molecule has 5 rings (SSSR count). The summed E-state index contributed by atoms with van der Waals surface area (Å²) in [6, 6.07) is 25.7. The molecular weight excluding hydrogens is 318 g/mol. The molecule has 26 heavy (non-hydrogen) atoms. The number of para-hydroxylation sites is 3. The Kier molecular flexibility index (Phi) is 3.20. The van der Waals surface area contributed by atoms with Crippen molar-refractivity contribution < 1.29 is 0 Å². The van der Waals surface area contributed by atoms with Crippen molar-refractivity contribution in [1.29, 1.82) is 0 Å². The summed E-state index contributed by atoms with van der Waals surface area (Å²) in [7, 11) is 0. The minimum Gasteiger partial charge on any atom is -0.358 e. The predicted molar refractivity (Wildman–Crippen MR) is 107 cm³/mol. The summed E-state index contributed by atoms with van der Waals surface area (Å²) in [5.41, 5.74) is 6.62. The van der Waals surface area contributed by atoms with Crippen LogP contribution in [-0.2, 0) is 12.1 Å². The van der Waals surface area contributed by atoms with Crippen molar-refractivity contribution in [3.05, 3.63) is 83.9 Å². The number of hydrogen-bond acceptors (Lipinski definition) is 2. The molecule has 0 saturated carbocycles. The van der Waals surface area contributed by atoms with Crippen LogP contribution >= 0.6 is 0 Å². The maximum absolute atomic E-state index is 4.97. The van der Waals surface area contributed by atoms with Crippen LogP contribution in [0.25, 0.3) is 22.4 Å². The topological polar surface area (TPSA) is 29.9 Å². The molecule has 3 heteroatoms. The van der Waals surface area contributed by atoms with Gasteiger partial charge < -0.3 is 5.32 Å². The van der Waals surface area contributed by atoms with Gasteiger partial charge in [0, 0.05) is 11.3 Å². The predicted octanol–water partition coefficient (Wildman–Crippen LogP) is 5.41. The lowest BCUT2D eigenvalue weighted by molar-refractivity contribution is 0.463. The number of aromatic nitrogens is 2. The van der Waals surface area contributed by atoms with Crippen molar-refractivity contribution in [2.75, 3.05) is 5.32 Å². The number of hydrogen-bond donors (Lipinski definition) is 1. The molecule has 2 heterocycles. The first-order valence-corrected chi connectivity index (χ1v) is 9.15. The van der Waals surface area contributed by atoms with E-state index >= 15 is 0 Å². The third-order valence-electron chi connectivity index (χ3n) is 5.48. The van der Waals surface area contributed by atoms with Gasteiger partial charge in [-0.15, -0.1) is 0 Å². The van der Waals surface area contributed by atoms with Gasteiger partial charge in [0.15, 0.2) is 0 Å². The fraction of sp³-hybridized carbons (Fsp3) is 0.174. The van der Waals surface area contributed by atoms with Crippen LogP contribution in [0, 0.1) is 0 Å². The number of benzene rings is 3. The quantitative estimate of drug-likeness (QED) is 0.529. The van der Waals surface area contributed by atoms with Crippen LogP contribution in [0.15, 0.2) is 72.8 Å². The molecule has 0 amide bonds. The molecule has 128 valence electrons. The molecule has 3 aromatic carbocycles. The maximum atomic E-state index is 4.97. The van der Waals surface area contributed by atoms with Gasteiger partial charge in [-0.05, 0) is 48.7 Å². The van der Waals surface area contributed by atoms with Crippen LogP contribution in [0.4, 0.5) is 5.69 Å². The SMILES string of the molecule is CCc1ccc([C@]2(C)Nc3ccccc3-c3nc4ccccc4n32)cc1. The molecule has 1 aliphatic rings. The number of aryl methyl sites for hydroxylation is 1. The van der Waals surface area contributed by atoms with E-state index in [1.807, 2.05) is 6.07 Å². The minimum absolute atomic E-state index is 0.397. The molecule has 0 radical (unpaired) electrons. The van der Waals surface area contributed by atoms with E-state index in [9.17, 15) is 0 Å². The van der Waals surface area contributed by atoms with Crippen LogP contribution in [-0.4, -0.2) is 9.55 Å². The van der Waals surface area contributed by atoms with Crippen molar-refractivity contribution in [3.8, 4) is 11.4 Å². The van der Waals surface area contributed by atoms with E-state index in [1.54, 1.807) is 0 Å². The van der Waals surface area contributed by atoms with E-state index in [-0.39, 0.29) is 0 Å². The Morgan fingerprint density at radius 3 is 2.46 bits per heavy atom. The Bertz CT molecular complexity index is 1110. The molecule has 0 saturated heterocycles. The molecule has 1 N–H and O–H groups in total. The molecule has 3 nitrogen and oxygen atoms in total. The van der Waals surface area contributed by atoms with Gasteiger partial charge in [0.2, 0.25) is 0 Å². The van der Waals surface area contributed by atoms with E-state index in [0.717, 1.165) is 34.5 Å². The van der Waals surface area contributed by atoms with E-state index in [0.29, 0.717) is 0 Å². The summed E-state index contributed by atoms with van der Waals surface area (Å²) in [6.07, 6.45) is 1.05. The van der Waals surface area contributed by atoms with Gasteiger partial charge in [0.25, 0.3) is 0 Å². The summed E-state index contributed by atoms with van der Waals surface area (Å²) < 4.78 is 2.34. The average molecular weight is 339 g/mol. The van der Waals surface area contributed by atoms with Gasteiger partial charge in [-0.1, -0.05) is 55.5 Å². The summed E-state index contributed by atoms with van der Waals surface area (Å²) in [5, 5.41) is 3.78. The highest BCUT2D eigenvalue weighted by molar-refractivity contribution is 5.87. The van der Waals surface area contributed by atoms with Crippen molar-refractivity contribution in [3.63, 3.8) is 0 Å².